The van der Waals surface area contributed by atoms with E-state index >= 15 is 0 Å². The zero-order valence-electron chi connectivity index (χ0n) is 12.6. The van der Waals surface area contributed by atoms with Crippen molar-refractivity contribution in [3.05, 3.63) is 69.2 Å². The lowest BCUT2D eigenvalue weighted by atomic mass is 10.1. The molecule has 0 saturated heterocycles. The van der Waals surface area contributed by atoms with Gasteiger partial charge in [-0.05, 0) is 36.2 Å². The molecule has 2 amide bonds. The molecule has 0 aliphatic carbocycles. The van der Waals surface area contributed by atoms with Crippen LogP contribution in [0, 0.1) is 6.92 Å². The Hall–Kier alpha value is -2.95. The molecule has 2 aliphatic rings. The summed E-state index contributed by atoms with van der Waals surface area (Å²) in [6.07, 6.45) is 1.68. The smallest absolute Gasteiger partial charge is 0.261 e. The summed E-state index contributed by atoms with van der Waals surface area (Å²) in [6.45, 7) is 2.52. The van der Waals surface area contributed by atoms with E-state index in [1.165, 1.54) is 4.90 Å². The lowest BCUT2D eigenvalue weighted by Crippen LogP contribution is -2.35. The topological polar surface area (TPSA) is 59.0 Å². The molecule has 23 heavy (non-hydrogen) atoms. The van der Waals surface area contributed by atoms with E-state index in [1.54, 1.807) is 30.5 Å². The van der Waals surface area contributed by atoms with Crippen LogP contribution in [0.1, 0.15) is 31.8 Å². The minimum absolute atomic E-state index is 0.243. The number of carbonyl (C=O) groups is 2. The van der Waals surface area contributed by atoms with Crippen LogP contribution in [-0.4, -0.2) is 23.4 Å². The number of amides is 2. The van der Waals surface area contributed by atoms with Crippen LogP contribution in [0.5, 0.6) is 0 Å². The lowest BCUT2D eigenvalue weighted by molar-refractivity contribution is 0.0642. The second kappa shape index (κ2) is 5.05. The molecule has 0 saturated carbocycles. The van der Waals surface area contributed by atoms with Gasteiger partial charge in [0.2, 0.25) is 0 Å². The molecule has 0 unspecified atom stereocenters. The Kier molecular flexibility index (Phi) is 3.01. The Morgan fingerprint density at radius 1 is 1.09 bits per heavy atom. The maximum atomic E-state index is 12.5. The molecule has 5 heteroatoms. The van der Waals surface area contributed by atoms with Gasteiger partial charge < -0.3 is 4.74 Å². The van der Waals surface area contributed by atoms with Gasteiger partial charge in [0.1, 0.15) is 0 Å². The minimum atomic E-state index is -0.243. The van der Waals surface area contributed by atoms with Crippen molar-refractivity contribution in [2.75, 3.05) is 6.73 Å². The molecule has 0 spiro atoms. The predicted octanol–water partition coefficient (Wildman–Crippen LogP) is 1.14. The fourth-order valence-corrected chi connectivity index (χ4v) is 3.00. The summed E-state index contributed by atoms with van der Waals surface area (Å²) in [4.78, 5) is 30.5. The van der Waals surface area contributed by atoms with E-state index in [-0.39, 0.29) is 18.4 Å². The van der Waals surface area contributed by atoms with Crippen LogP contribution in [0.3, 0.4) is 0 Å². The first-order valence-corrected chi connectivity index (χ1v) is 7.37. The van der Waals surface area contributed by atoms with Crippen molar-refractivity contribution in [2.24, 2.45) is 4.99 Å². The fourth-order valence-electron chi connectivity index (χ4n) is 3.00. The standard InChI is InChI=1S/C18H14N2O3/c1-11-12(6-7-16-15(11)9-23-10-19-16)8-20-17(21)13-4-2-3-5-14(13)18(20)22/h2-7,9H,8,10H2,1H3. The van der Waals surface area contributed by atoms with Crippen LogP contribution in [0.15, 0.2) is 41.4 Å². The number of ether oxygens (including phenoxy) is 1. The second-order valence-corrected chi connectivity index (χ2v) is 5.60. The number of hydrogen-bond donors (Lipinski definition) is 0. The molecule has 0 N–H and O–H groups in total. The normalized spacial score (nSPS) is 15.4. The molecular formula is C18H14N2O3. The van der Waals surface area contributed by atoms with Gasteiger partial charge in [-0.1, -0.05) is 18.2 Å². The van der Waals surface area contributed by atoms with Crippen molar-refractivity contribution in [3.63, 3.8) is 0 Å². The van der Waals surface area contributed by atoms with E-state index < -0.39 is 0 Å². The van der Waals surface area contributed by atoms with Crippen LogP contribution in [0.4, 0.5) is 0 Å². The summed E-state index contributed by atoms with van der Waals surface area (Å²) < 4.78 is 5.26. The van der Waals surface area contributed by atoms with Crippen LogP contribution >= 0.6 is 0 Å². The van der Waals surface area contributed by atoms with Crippen molar-refractivity contribution < 1.29 is 14.3 Å². The third kappa shape index (κ3) is 2.04. The summed E-state index contributed by atoms with van der Waals surface area (Å²) in [6, 6.07) is 10.7. The Balaban J connectivity index is 1.74. The highest BCUT2D eigenvalue weighted by Crippen LogP contribution is 2.24. The fraction of sp³-hybridized carbons (Fsp3) is 0.167. The summed E-state index contributed by atoms with van der Waals surface area (Å²) in [7, 11) is 0. The summed E-state index contributed by atoms with van der Waals surface area (Å²) in [5.41, 5.74) is 2.83. The lowest BCUT2D eigenvalue weighted by Gasteiger charge is -2.16. The molecule has 0 atom stereocenters. The van der Waals surface area contributed by atoms with Gasteiger partial charge in [-0.2, -0.15) is 0 Å². The Bertz CT molecular complexity index is 928. The van der Waals surface area contributed by atoms with E-state index in [0.29, 0.717) is 17.9 Å². The van der Waals surface area contributed by atoms with Gasteiger partial charge in [0.15, 0.2) is 6.73 Å². The van der Waals surface area contributed by atoms with E-state index in [1.807, 2.05) is 19.1 Å². The SMILES string of the molecule is Cc1c(CN2C(=O)c3ccccc3C2=O)ccc2c1=COCN=2. The molecule has 2 aliphatic heterocycles. The van der Waals surface area contributed by atoms with Gasteiger partial charge >= 0.3 is 0 Å². The third-order valence-corrected chi connectivity index (χ3v) is 4.32. The maximum absolute atomic E-state index is 12.5. The number of fused-ring (bicyclic) bond motifs is 2. The third-order valence-electron chi connectivity index (χ3n) is 4.32. The van der Waals surface area contributed by atoms with E-state index in [4.69, 9.17) is 4.74 Å². The highest BCUT2D eigenvalue weighted by molar-refractivity contribution is 6.21. The molecule has 0 fully saturated rings. The average molecular weight is 306 g/mol. The molecule has 2 aromatic carbocycles. The number of imide groups is 1. The Morgan fingerprint density at radius 2 is 1.78 bits per heavy atom. The van der Waals surface area contributed by atoms with Gasteiger partial charge in [-0.15, -0.1) is 0 Å². The summed E-state index contributed by atoms with van der Waals surface area (Å²) in [5, 5.41) is 1.78. The molecular weight excluding hydrogens is 292 g/mol. The number of nitrogens with zero attached hydrogens (tertiary/aromatic N) is 2. The van der Waals surface area contributed by atoms with Crippen molar-refractivity contribution in [1.82, 2.24) is 4.90 Å². The van der Waals surface area contributed by atoms with Gasteiger partial charge in [0.05, 0.1) is 29.3 Å². The molecule has 2 heterocycles. The first-order valence-electron chi connectivity index (χ1n) is 7.37. The Labute approximate surface area is 132 Å². The molecule has 2 aromatic rings. The number of hydrogen-bond acceptors (Lipinski definition) is 4. The van der Waals surface area contributed by atoms with Gasteiger partial charge in [0, 0.05) is 5.22 Å². The van der Waals surface area contributed by atoms with Crippen molar-refractivity contribution in [3.8, 4) is 0 Å². The van der Waals surface area contributed by atoms with Gasteiger partial charge in [0.25, 0.3) is 11.8 Å². The van der Waals surface area contributed by atoms with Gasteiger partial charge in [-0.25, -0.2) is 4.99 Å². The zero-order valence-corrected chi connectivity index (χ0v) is 12.6. The molecule has 4 rings (SSSR count). The van der Waals surface area contributed by atoms with Crippen molar-refractivity contribution >= 4 is 18.1 Å². The first-order chi connectivity index (χ1) is 11.2. The van der Waals surface area contributed by atoms with Crippen molar-refractivity contribution in [1.29, 1.82) is 0 Å². The highest BCUT2D eigenvalue weighted by atomic mass is 16.5. The number of carbonyl (C=O) groups excluding carboxylic acids is 2. The first kappa shape index (κ1) is 13.7. The van der Waals surface area contributed by atoms with Crippen LogP contribution in [-0.2, 0) is 11.3 Å². The number of benzene rings is 2. The quantitative estimate of drug-likeness (QED) is 0.782. The molecule has 5 nitrogen and oxygen atoms in total. The molecule has 0 bridgehead atoms. The van der Waals surface area contributed by atoms with E-state index in [2.05, 4.69) is 4.99 Å². The van der Waals surface area contributed by atoms with Crippen molar-refractivity contribution in [2.45, 2.75) is 13.5 Å². The van der Waals surface area contributed by atoms with E-state index in [9.17, 15) is 9.59 Å². The zero-order chi connectivity index (χ0) is 16.0. The second-order valence-electron chi connectivity index (χ2n) is 5.60. The largest absolute Gasteiger partial charge is 0.478 e. The average Bonchev–Trinajstić information content (AvgIpc) is 2.83. The molecule has 114 valence electrons. The highest BCUT2D eigenvalue weighted by Gasteiger charge is 2.35. The van der Waals surface area contributed by atoms with Crippen LogP contribution in [0.2, 0.25) is 0 Å². The van der Waals surface area contributed by atoms with Crippen LogP contribution in [0.25, 0.3) is 6.26 Å². The monoisotopic (exact) mass is 306 g/mol. The summed E-state index contributed by atoms with van der Waals surface area (Å²) in [5.74, 6) is -0.486. The predicted molar refractivity (Wildman–Crippen MR) is 83.0 cm³/mol. The molecule has 0 aromatic heterocycles. The minimum Gasteiger partial charge on any atom is -0.478 e. The van der Waals surface area contributed by atoms with E-state index in [0.717, 1.165) is 21.7 Å². The van der Waals surface area contributed by atoms with Gasteiger partial charge in [-0.3, -0.25) is 14.5 Å². The Morgan fingerprint density at radius 3 is 2.48 bits per heavy atom. The van der Waals surface area contributed by atoms with Crippen LogP contribution < -0.4 is 10.6 Å². The maximum Gasteiger partial charge on any atom is 0.261 e. The molecule has 0 radical (unpaired) electrons. The number of rotatable bonds is 2. The summed E-state index contributed by atoms with van der Waals surface area (Å²) >= 11 is 0.